The van der Waals surface area contributed by atoms with E-state index in [0.29, 0.717) is 18.4 Å². The van der Waals surface area contributed by atoms with Crippen LogP contribution in [0.1, 0.15) is 52.0 Å². The number of benzene rings is 1. The molecule has 126 valence electrons. The smallest absolute Gasteiger partial charge is 0.412 e. The Hall–Kier alpha value is -2.11. The Kier molecular flexibility index (Phi) is 4.63. The molecule has 1 aliphatic carbocycles. The number of hydrogen-bond donors (Lipinski definition) is 2. The van der Waals surface area contributed by atoms with Crippen LogP contribution in [0.3, 0.4) is 0 Å². The van der Waals surface area contributed by atoms with Gasteiger partial charge in [0.25, 0.3) is 0 Å². The van der Waals surface area contributed by atoms with E-state index < -0.39 is 28.9 Å². The van der Waals surface area contributed by atoms with E-state index in [9.17, 15) is 19.1 Å². The van der Waals surface area contributed by atoms with Crippen molar-refractivity contribution in [2.24, 2.45) is 0 Å². The zero-order valence-electron chi connectivity index (χ0n) is 13.6. The molecule has 1 amide bonds. The van der Waals surface area contributed by atoms with Gasteiger partial charge >= 0.3 is 12.1 Å². The van der Waals surface area contributed by atoms with Gasteiger partial charge in [-0.25, -0.2) is 9.18 Å². The largest absolute Gasteiger partial charge is 0.481 e. The van der Waals surface area contributed by atoms with Gasteiger partial charge in [-0.3, -0.25) is 10.1 Å². The van der Waals surface area contributed by atoms with Crippen LogP contribution >= 0.6 is 0 Å². The normalized spacial score (nSPS) is 16.9. The van der Waals surface area contributed by atoms with Crippen molar-refractivity contribution < 1.29 is 23.8 Å². The monoisotopic (exact) mass is 323 g/mol. The molecule has 0 aliphatic heterocycles. The van der Waals surface area contributed by atoms with Crippen LogP contribution in [0.5, 0.6) is 0 Å². The van der Waals surface area contributed by atoms with E-state index in [2.05, 4.69) is 5.32 Å². The summed E-state index contributed by atoms with van der Waals surface area (Å²) in [4.78, 5) is 23.5. The summed E-state index contributed by atoms with van der Waals surface area (Å²) < 4.78 is 19.1. The predicted octanol–water partition coefficient (Wildman–Crippen LogP) is 4.07. The molecule has 2 rings (SSSR count). The molecule has 0 heterocycles. The molecule has 0 spiro atoms. The van der Waals surface area contributed by atoms with Crippen molar-refractivity contribution in [2.45, 2.75) is 57.5 Å². The standard InChI is InChI=1S/C17H22FNO4/c1-16(2,3)23-15(22)19-13-10-11(6-7-12(13)18)17(14(20)21)8-4-5-9-17/h6-7,10H,4-5,8-9H2,1-3H3,(H,19,22)(H,20,21). The van der Waals surface area contributed by atoms with E-state index in [4.69, 9.17) is 4.74 Å². The van der Waals surface area contributed by atoms with Crippen LogP contribution in [0.2, 0.25) is 0 Å². The lowest BCUT2D eigenvalue weighted by Gasteiger charge is -2.25. The molecule has 2 N–H and O–H groups in total. The fourth-order valence-corrected chi connectivity index (χ4v) is 2.94. The first kappa shape index (κ1) is 17.2. The lowest BCUT2D eigenvalue weighted by atomic mass is 9.79. The molecule has 1 fully saturated rings. The van der Waals surface area contributed by atoms with Crippen molar-refractivity contribution >= 4 is 17.7 Å². The average molecular weight is 323 g/mol. The van der Waals surface area contributed by atoms with Gasteiger partial charge in [-0.15, -0.1) is 0 Å². The number of carboxylic acids is 1. The van der Waals surface area contributed by atoms with Crippen LogP contribution in [0.15, 0.2) is 18.2 Å². The summed E-state index contributed by atoms with van der Waals surface area (Å²) in [7, 11) is 0. The number of nitrogens with one attached hydrogen (secondary N) is 1. The highest BCUT2D eigenvalue weighted by atomic mass is 19.1. The number of rotatable bonds is 3. The second-order valence-electron chi connectivity index (χ2n) is 6.92. The number of amides is 1. The fraction of sp³-hybridized carbons (Fsp3) is 0.529. The topological polar surface area (TPSA) is 75.6 Å². The summed E-state index contributed by atoms with van der Waals surface area (Å²) in [6.07, 6.45) is 1.89. The number of aliphatic carboxylic acids is 1. The minimum Gasteiger partial charge on any atom is -0.481 e. The van der Waals surface area contributed by atoms with E-state index in [1.807, 2.05) is 0 Å². The summed E-state index contributed by atoms with van der Waals surface area (Å²) in [5.41, 5.74) is -1.26. The Labute approximate surface area is 134 Å². The second-order valence-corrected chi connectivity index (χ2v) is 6.92. The minimum absolute atomic E-state index is 0.0655. The number of hydrogen-bond acceptors (Lipinski definition) is 3. The van der Waals surface area contributed by atoms with Crippen molar-refractivity contribution in [1.29, 1.82) is 0 Å². The van der Waals surface area contributed by atoms with E-state index in [1.54, 1.807) is 20.8 Å². The van der Waals surface area contributed by atoms with Gasteiger partial charge in [0, 0.05) is 0 Å². The molecule has 0 bridgehead atoms. The minimum atomic E-state index is -1.00. The Morgan fingerprint density at radius 2 is 1.87 bits per heavy atom. The number of carbonyl (C=O) groups is 2. The predicted molar refractivity (Wildman–Crippen MR) is 84.0 cm³/mol. The number of carbonyl (C=O) groups excluding carboxylic acids is 1. The third-order valence-corrected chi connectivity index (χ3v) is 4.02. The molecule has 0 atom stereocenters. The van der Waals surface area contributed by atoms with Crippen molar-refractivity contribution in [3.8, 4) is 0 Å². The SMILES string of the molecule is CC(C)(C)OC(=O)Nc1cc(C2(C(=O)O)CCCC2)ccc1F. The quantitative estimate of drug-likeness (QED) is 0.879. The molecular formula is C17H22FNO4. The molecule has 1 saturated carbocycles. The first-order valence-electron chi connectivity index (χ1n) is 7.67. The second kappa shape index (κ2) is 6.18. The molecule has 0 saturated heterocycles. The van der Waals surface area contributed by atoms with Crippen molar-refractivity contribution in [3.05, 3.63) is 29.6 Å². The number of anilines is 1. The summed E-state index contributed by atoms with van der Waals surface area (Å²) in [5.74, 6) is -1.54. The lowest BCUT2D eigenvalue weighted by molar-refractivity contribution is -0.143. The summed E-state index contributed by atoms with van der Waals surface area (Å²) in [6.45, 7) is 5.12. The Balaban J connectivity index is 2.29. The fourth-order valence-electron chi connectivity index (χ4n) is 2.94. The molecule has 1 aromatic carbocycles. The zero-order chi connectivity index (χ0) is 17.3. The van der Waals surface area contributed by atoms with Crippen molar-refractivity contribution in [2.75, 3.05) is 5.32 Å². The summed E-state index contributed by atoms with van der Waals surface area (Å²) in [6, 6.07) is 4.07. The maximum absolute atomic E-state index is 14.0. The van der Waals surface area contributed by atoms with Gasteiger partial charge in [0.1, 0.15) is 11.4 Å². The number of ether oxygens (including phenoxy) is 1. The van der Waals surface area contributed by atoms with E-state index in [1.165, 1.54) is 18.2 Å². The first-order valence-corrected chi connectivity index (χ1v) is 7.67. The van der Waals surface area contributed by atoms with E-state index in [-0.39, 0.29) is 5.69 Å². The molecule has 0 radical (unpaired) electrons. The molecule has 5 nitrogen and oxygen atoms in total. The molecule has 0 aromatic heterocycles. The van der Waals surface area contributed by atoms with Gasteiger partial charge in [-0.05, 0) is 51.3 Å². The summed E-state index contributed by atoms with van der Waals surface area (Å²) in [5, 5.41) is 12.0. The Morgan fingerprint density at radius 3 is 2.39 bits per heavy atom. The first-order chi connectivity index (χ1) is 10.6. The molecule has 6 heteroatoms. The van der Waals surface area contributed by atoms with Gasteiger partial charge in [0.05, 0.1) is 11.1 Å². The van der Waals surface area contributed by atoms with Gasteiger partial charge in [0.2, 0.25) is 0 Å². The van der Waals surface area contributed by atoms with Crippen LogP contribution in [-0.4, -0.2) is 22.8 Å². The molecule has 23 heavy (non-hydrogen) atoms. The highest BCUT2D eigenvalue weighted by Crippen LogP contribution is 2.42. The lowest BCUT2D eigenvalue weighted by Crippen LogP contribution is -2.33. The number of carboxylic acid groups (broad SMARTS) is 1. The molecular weight excluding hydrogens is 301 g/mol. The van der Waals surface area contributed by atoms with E-state index >= 15 is 0 Å². The van der Waals surface area contributed by atoms with Crippen LogP contribution in [0.25, 0.3) is 0 Å². The maximum Gasteiger partial charge on any atom is 0.412 e. The maximum atomic E-state index is 14.0. The van der Waals surface area contributed by atoms with Crippen LogP contribution in [-0.2, 0) is 14.9 Å². The third-order valence-electron chi connectivity index (χ3n) is 4.02. The average Bonchev–Trinajstić information content (AvgIpc) is 2.89. The summed E-state index contributed by atoms with van der Waals surface area (Å²) >= 11 is 0. The molecule has 1 aliphatic rings. The van der Waals surface area contributed by atoms with Crippen LogP contribution in [0, 0.1) is 5.82 Å². The van der Waals surface area contributed by atoms with E-state index in [0.717, 1.165) is 12.8 Å². The van der Waals surface area contributed by atoms with Gasteiger partial charge in [0.15, 0.2) is 0 Å². The van der Waals surface area contributed by atoms with Crippen molar-refractivity contribution in [3.63, 3.8) is 0 Å². The highest BCUT2D eigenvalue weighted by Gasteiger charge is 2.43. The van der Waals surface area contributed by atoms with Crippen LogP contribution < -0.4 is 5.32 Å². The zero-order valence-corrected chi connectivity index (χ0v) is 13.6. The number of halogens is 1. The van der Waals surface area contributed by atoms with Crippen molar-refractivity contribution in [1.82, 2.24) is 0 Å². The van der Waals surface area contributed by atoms with Crippen LogP contribution in [0.4, 0.5) is 14.9 Å². The molecule has 0 unspecified atom stereocenters. The third kappa shape index (κ3) is 3.81. The van der Waals surface area contributed by atoms with Gasteiger partial charge in [-0.1, -0.05) is 18.9 Å². The Morgan fingerprint density at radius 1 is 1.26 bits per heavy atom. The highest BCUT2D eigenvalue weighted by molar-refractivity contribution is 5.86. The van der Waals surface area contributed by atoms with Gasteiger partial charge in [-0.2, -0.15) is 0 Å². The van der Waals surface area contributed by atoms with Gasteiger partial charge < -0.3 is 9.84 Å². The Bertz CT molecular complexity index is 616. The molecule has 1 aromatic rings.